The van der Waals surface area contributed by atoms with E-state index in [9.17, 15) is 0 Å². The Morgan fingerprint density at radius 2 is 1.95 bits per heavy atom. The van der Waals surface area contributed by atoms with Gasteiger partial charge in [0.1, 0.15) is 17.4 Å². The fourth-order valence-corrected chi connectivity index (χ4v) is 2.74. The van der Waals surface area contributed by atoms with Gasteiger partial charge in [-0.1, -0.05) is 18.2 Å². The van der Waals surface area contributed by atoms with Crippen LogP contribution in [0.3, 0.4) is 0 Å². The summed E-state index contributed by atoms with van der Waals surface area (Å²) in [5.41, 5.74) is 3.08. The van der Waals surface area contributed by atoms with Gasteiger partial charge in [0.05, 0.1) is 26.2 Å². The highest BCUT2D eigenvalue weighted by atomic mass is 15.1. The van der Waals surface area contributed by atoms with Crippen LogP contribution in [0.1, 0.15) is 13.8 Å². The molecule has 0 saturated carbocycles. The van der Waals surface area contributed by atoms with Crippen molar-refractivity contribution in [2.24, 2.45) is 0 Å². The van der Waals surface area contributed by atoms with E-state index in [1.165, 1.54) is 0 Å². The normalized spacial score (nSPS) is 11.6. The van der Waals surface area contributed by atoms with E-state index in [4.69, 9.17) is 0 Å². The number of aromatic amines is 1. The number of quaternary nitrogens is 1. The minimum absolute atomic E-state index is 0.891. The van der Waals surface area contributed by atoms with E-state index in [-0.39, 0.29) is 0 Å². The largest absolute Gasteiger partial charge is 0.363 e. The van der Waals surface area contributed by atoms with Gasteiger partial charge < -0.3 is 15.2 Å². The van der Waals surface area contributed by atoms with Gasteiger partial charge in [-0.05, 0) is 19.9 Å². The predicted octanol–water partition coefficient (Wildman–Crippen LogP) is 1.45. The number of likely N-dealkylation sites (N-methyl/N-ethyl adjacent to an activating group) is 1. The van der Waals surface area contributed by atoms with Crippen LogP contribution < -0.4 is 10.2 Å². The zero-order valence-electron chi connectivity index (χ0n) is 12.6. The van der Waals surface area contributed by atoms with Crippen molar-refractivity contribution in [1.82, 2.24) is 15.0 Å². The highest BCUT2D eigenvalue weighted by molar-refractivity contribution is 6.07. The van der Waals surface area contributed by atoms with Crippen LogP contribution in [-0.2, 0) is 0 Å². The Morgan fingerprint density at radius 3 is 2.76 bits per heavy atom. The van der Waals surface area contributed by atoms with E-state index in [1.807, 2.05) is 12.1 Å². The summed E-state index contributed by atoms with van der Waals surface area (Å²) in [4.78, 5) is 13.8. The van der Waals surface area contributed by atoms with Gasteiger partial charge in [0, 0.05) is 10.9 Å². The smallest absolute Gasteiger partial charge is 0.154 e. The van der Waals surface area contributed by atoms with Crippen molar-refractivity contribution in [3.8, 4) is 0 Å². The molecule has 0 saturated heterocycles. The van der Waals surface area contributed by atoms with Gasteiger partial charge in [0.25, 0.3) is 0 Å². The van der Waals surface area contributed by atoms with Gasteiger partial charge in [0.2, 0.25) is 0 Å². The molecule has 3 rings (SSSR count). The lowest BCUT2D eigenvalue weighted by atomic mass is 10.2. The van der Waals surface area contributed by atoms with Crippen LogP contribution in [-0.4, -0.2) is 41.1 Å². The van der Waals surface area contributed by atoms with Gasteiger partial charge in [0.15, 0.2) is 5.82 Å². The van der Waals surface area contributed by atoms with Crippen molar-refractivity contribution in [1.29, 1.82) is 0 Å². The van der Waals surface area contributed by atoms with Gasteiger partial charge in [-0.25, -0.2) is 9.97 Å². The molecule has 0 fully saturated rings. The standard InChI is InChI=1S/C16H21N5/c1-3-21(4-2)10-9-17-16-15-14(18-11-19-16)12-7-5-6-8-13(12)20-15/h5-8,11,20H,3-4,9-10H2,1-2H3,(H,17,18,19)/p+1. The van der Waals surface area contributed by atoms with Gasteiger partial charge in [-0.2, -0.15) is 0 Å². The maximum atomic E-state index is 4.42. The Kier molecular flexibility index (Phi) is 4.01. The first kappa shape index (κ1) is 13.8. The summed E-state index contributed by atoms with van der Waals surface area (Å²) in [6, 6.07) is 8.22. The van der Waals surface area contributed by atoms with Gasteiger partial charge in [-0.3, -0.25) is 0 Å². The third-order valence-electron chi connectivity index (χ3n) is 4.06. The van der Waals surface area contributed by atoms with Crippen molar-refractivity contribution in [2.75, 3.05) is 31.5 Å². The molecule has 0 aliphatic rings. The quantitative estimate of drug-likeness (QED) is 0.642. The van der Waals surface area contributed by atoms with Gasteiger partial charge in [-0.15, -0.1) is 0 Å². The lowest BCUT2D eigenvalue weighted by Crippen LogP contribution is -3.12. The monoisotopic (exact) mass is 284 g/mol. The van der Waals surface area contributed by atoms with Crippen LogP contribution in [0.5, 0.6) is 0 Å². The lowest BCUT2D eigenvalue weighted by molar-refractivity contribution is -0.894. The van der Waals surface area contributed by atoms with E-state index < -0.39 is 0 Å². The van der Waals surface area contributed by atoms with Crippen LogP contribution in [0.15, 0.2) is 30.6 Å². The molecule has 3 aromatic rings. The second kappa shape index (κ2) is 6.10. The van der Waals surface area contributed by atoms with Crippen molar-refractivity contribution in [2.45, 2.75) is 13.8 Å². The van der Waals surface area contributed by atoms with Crippen LogP contribution >= 0.6 is 0 Å². The Hall–Kier alpha value is -2.14. The molecule has 2 aromatic heterocycles. The summed E-state index contributed by atoms with van der Waals surface area (Å²) in [5, 5.41) is 4.59. The molecule has 0 bridgehead atoms. The molecule has 110 valence electrons. The third-order valence-corrected chi connectivity index (χ3v) is 4.06. The minimum Gasteiger partial charge on any atom is -0.363 e. The Morgan fingerprint density at radius 1 is 1.14 bits per heavy atom. The average Bonchev–Trinajstić information content (AvgIpc) is 2.91. The van der Waals surface area contributed by atoms with Crippen molar-refractivity contribution < 1.29 is 4.90 Å². The first-order valence-corrected chi connectivity index (χ1v) is 7.62. The summed E-state index contributed by atoms with van der Waals surface area (Å²) in [7, 11) is 0. The molecule has 0 aliphatic carbocycles. The summed E-state index contributed by atoms with van der Waals surface area (Å²) >= 11 is 0. The van der Waals surface area contributed by atoms with Crippen LogP contribution in [0.2, 0.25) is 0 Å². The fourth-order valence-electron chi connectivity index (χ4n) is 2.74. The number of nitrogens with zero attached hydrogens (tertiary/aromatic N) is 2. The summed E-state index contributed by atoms with van der Waals surface area (Å²) in [5.74, 6) is 0.891. The molecular weight excluding hydrogens is 262 g/mol. The topological polar surface area (TPSA) is 58.0 Å². The SMILES string of the molecule is CC[NH+](CC)CCNc1ncnc2c1[nH]c1ccccc12. The zero-order valence-corrected chi connectivity index (χ0v) is 12.6. The Labute approximate surface area is 124 Å². The number of hydrogen-bond donors (Lipinski definition) is 3. The van der Waals surface area contributed by atoms with E-state index in [2.05, 4.69) is 46.2 Å². The molecule has 21 heavy (non-hydrogen) atoms. The molecule has 3 N–H and O–H groups in total. The van der Waals surface area contributed by atoms with Crippen molar-refractivity contribution >= 4 is 27.8 Å². The molecular formula is C16H22N5+. The number of para-hydroxylation sites is 1. The molecule has 0 amide bonds. The molecule has 0 aliphatic heterocycles. The zero-order chi connectivity index (χ0) is 14.7. The first-order chi connectivity index (χ1) is 10.3. The molecule has 5 heteroatoms. The number of H-pyrrole nitrogens is 1. The van der Waals surface area contributed by atoms with Crippen LogP contribution in [0.25, 0.3) is 21.9 Å². The highest BCUT2D eigenvalue weighted by Gasteiger charge is 2.10. The molecule has 2 heterocycles. The minimum atomic E-state index is 0.891. The second-order valence-corrected chi connectivity index (χ2v) is 5.25. The fraction of sp³-hybridized carbons (Fsp3) is 0.375. The Balaban J connectivity index is 1.85. The second-order valence-electron chi connectivity index (χ2n) is 5.25. The highest BCUT2D eigenvalue weighted by Crippen LogP contribution is 2.26. The number of hydrogen-bond acceptors (Lipinski definition) is 3. The lowest BCUT2D eigenvalue weighted by Gasteiger charge is -2.15. The molecule has 0 atom stereocenters. The third kappa shape index (κ3) is 2.69. The summed E-state index contributed by atoms with van der Waals surface area (Å²) < 4.78 is 0. The van der Waals surface area contributed by atoms with E-state index >= 15 is 0 Å². The number of aromatic nitrogens is 3. The number of nitrogens with one attached hydrogen (secondary N) is 3. The van der Waals surface area contributed by atoms with Crippen molar-refractivity contribution in [3.63, 3.8) is 0 Å². The first-order valence-electron chi connectivity index (χ1n) is 7.62. The van der Waals surface area contributed by atoms with Crippen molar-refractivity contribution in [3.05, 3.63) is 30.6 Å². The number of anilines is 1. The van der Waals surface area contributed by atoms with E-state index in [1.54, 1.807) is 11.2 Å². The molecule has 1 aromatic carbocycles. The number of fused-ring (bicyclic) bond motifs is 3. The average molecular weight is 284 g/mol. The predicted molar refractivity (Wildman–Crippen MR) is 86.8 cm³/mol. The molecule has 0 radical (unpaired) electrons. The summed E-state index contributed by atoms with van der Waals surface area (Å²) in [6.07, 6.45) is 1.63. The number of benzene rings is 1. The van der Waals surface area contributed by atoms with Crippen LogP contribution in [0, 0.1) is 0 Å². The van der Waals surface area contributed by atoms with Crippen LogP contribution in [0.4, 0.5) is 5.82 Å². The molecule has 5 nitrogen and oxygen atoms in total. The maximum absolute atomic E-state index is 4.42. The van der Waals surface area contributed by atoms with Gasteiger partial charge >= 0.3 is 0 Å². The van der Waals surface area contributed by atoms with E-state index in [0.29, 0.717) is 0 Å². The Bertz CT molecular complexity index is 730. The maximum Gasteiger partial charge on any atom is 0.154 e. The molecule has 0 spiro atoms. The van der Waals surface area contributed by atoms with E-state index in [0.717, 1.165) is 53.9 Å². The molecule has 0 unspecified atom stereocenters. The number of rotatable bonds is 6. The summed E-state index contributed by atoms with van der Waals surface area (Å²) in [6.45, 7) is 8.77.